The Balaban J connectivity index is 2.38. The first-order valence-electron chi connectivity index (χ1n) is 2.97. The molecule has 0 N–H and O–H groups in total. The zero-order valence-electron chi connectivity index (χ0n) is 4.98. The molecular formula is C7H8F2. The van der Waals surface area contributed by atoms with Crippen LogP contribution in [0.5, 0.6) is 0 Å². The van der Waals surface area contributed by atoms with Crippen molar-refractivity contribution in [2.45, 2.75) is 12.8 Å². The van der Waals surface area contributed by atoms with Crippen molar-refractivity contribution in [3.05, 3.63) is 24.3 Å². The first-order valence-corrected chi connectivity index (χ1v) is 2.97. The van der Waals surface area contributed by atoms with E-state index in [0.29, 0.717) is 0 Å². The molecule has 9 heavy (non-hydrogen) atoms. The number of rotatable bonds is 1. The number of hydrogen-bond donors (Lipinski definition) is 0. The molecule has 0 radical (unpaired) electrons. The fourth-order valence-corrected chi connectivity index (χ4v) is 0.953. The summed E-state index contributed by atoms with van der Waals surface area (Å²) in [6, 6.07) is 0. The van der Waals surface area contributed by atoms with Crippen LogP contribution in [0.25, 0.3) is 0 Å². The Bertz CT molecular complexity index is 135. The van der Waals surface area contributed by atoms with Crippen LogP contribution in [0, 0.1) is 5.92 Å². The van der Waals surface area contributed by atoms with Crippen molar-refractivity contribution in [3.63, 3.8) is 0 Å². The molecule has 0 unspecified atom stereocenters. The fraction of sp³-hybridized carbons (Fsp3) is 0.429. The molecule has 1 rings (SSSR count). The second-order valence-corrected chi connectivity index (χ2v) is 2.16. The van der Waals surface area contributed by atoms with Crippen LogP contribution in [-0.2, 0) is 0 Å². The molecule has 0 aromatic carbocycles. The second-order valence-electron chi connectivity index (χ2n) is 2.16. The van der Waals surface area contributed by atoms with Gasteiger partial charge in [0.15, 0.2) is 0 Å². The Morgan fingerprint density at radius 2 is 1.89 bits per heavy atom. The minimum atomic E-state index is -1.55. The van der Waals surface area contributed by atoms with E-state index in [1.165, 1.54) is 0 Å². The van der Waals surface area contributed by atoms with E-state index in [0.717, 1.165) is 18.9 Å². The van der Waals surface area contributed by atoms with Crippen molar-refractivity contribution < 1.29 is 8.78 Å². The minimum Gasteiger partial charge on any atom is -0.174 e. The predicted octanol–water partition coefficient (Wildman–Crippen LogP) is 2.73. The maximum absolute atomic E-state index is 11.5. The molecule has 1 aliphatic carbocycles. The van der Waals surface area contributed by atoms with Crippen molar-refractivity contribution >= 4 is 0 Å². The molecule has 0 saturated heterocycles. The highest BCUT2D eigenvalue weighted by molar-refractivity contribution is 5.02. The van der Waals surface area contributed by atoms with Gasteiger partial charge in [-0.2, -0.15) is 8.78 Å². The average molecular weight is 130 g/mol. The number of hydrogen-bond acceptors (Lipinski definition) is 0. The molecule has 0 amide bonds. The molecule has 0 nitrogen and oxygen atoms in total. The molecular weight excluding hydrogens is 122 g/mol. The van der Waals surface area contributed by atoms with Crippen molar-refractivity contribution in [1.29, 1.82) is 0 Å². The topological polar surface area (TPSA) is 0 Å². The lowest BCUT2D eigenvalue weighted by Gasteiger charge is -1.96. The van der Waals surface area contributed by atoms with Crippen LogP contribution in [0.15, 0.2) is 24.3 Å². The number of halogens is 2. The molecule has 0 bridgehead atoms. The lowest BCUT2D eigenvalue weighted by atomic mass is 10.1. The largest absolute Gasteiger partial charge is 0.266 e. The Morgan fingerprint density at radius 3 is 2.33 bits per heavy atom. The van der Waals surface area contributed by atoms with Crippen molar-refractivity contribution in [3.8, 4) is 0 Å². The lowest BCUT2D eigenvalue weighted by Crippen LogP contribution is -1.86. The summed E-state index contributed by atoms with van der Waals surface area (Å²) in [5, 5.41) is 0. The highest BCUT2D eigenvalue weighted by Gasteiger charge is 2.07. The summed E-state index contributed by atoms with van der Waals surface area (Å²) in [5.41, 5.74) is 0. The molecule has 50 valence electrons. The summed E-state index contributed by atoms with van der Waals surface area (Å²) in [5.74, 6) is 0.0648. The van der Waals surface area contributed by atoms with Gasteiger partial charge in [-0.3, -0.25) is 0 Å². The van der Waals surface area contributed by atoms with Gasteiger partial charge in [0.1, 0.15) is 0 Å². The van der Waals surface area contributed by atoms with Gasteiger partial charge in [-0.1, -0.05) is 12.2 Å². The summed E-state index contributed by atoms with van der Waals surface area (Å²) < 4.78 is 23.0. The third-order valence-electron chi connectivity index (χ3n) is 1.41. The summed E-state index contributed by atoms with van der Waals surface area (Å²) in [6.45, 7) is 0. The molecule has 0 aliphatic heterocycles. The Hall–Kier alpha value is -0.660. The normalized spacial score (nSPS) is 18.4. The molecule has 0 fully saturated rings. The summed E-state index contributed by atoms with van der Waals surface area (Å²) in [6.07, 6.45) is 4.90. The molecule has 0 spiro atoms. The van der Waals surface area contributed by atoms with Gasteiger partial charge >= 0.3 is 0 Å². The molecule has 0 heterocycles. The van der Waals surface area contributed by atoms with Crippen LogP contribution in [0.2, 0.25) is 0 Å². The van der Waals surface area contributed by atoms with Gasteiger partial charge in [-0.25, -0.2) is 0 Å². The third-order valence-corrected chi connectivity index (χ3v) is 1.41. The van der Waals surface area contributed by atoms with E-state index in [1.807, 2.05) is 12.2 Å². The molecule has 1 aliphatic rings. The average Bonchev–Trinajstić information content (AvgIpc) is 2.15. The van der Waals surface area contributed by atoms with E-state index in [-0.39, 0.29) is 5.92 Å². The van der Waals surface area contributed by atoms with E-state index >= 15 is 0 Å². The lowest BCUT2D eigenvalue weighted by molar-refractivity contribution is 0.410. The third kappa shape index (κ3) is 1.96. The van der Waals surface area contributed by atoms with E-state index in [4.69, 9.17) is 0 Å². The Kier molecular flexibility index (Phi) is 1.98. The van der Waals surface area contributed by atoms with E-state index in [2.05, 4.69) is 0 Å². The smallest absolute Gasteiger partial charge is 0.174 e. The van der Waals surface area contributed by atoms with Gasteiger partial charge in [-0.15, -0.1) is 0 Å². The van der Waals surface area contributed by atoms with E-state index < -0.39 is 6.08 Å². The predicted molar refractivity (Wildman–Crippen MR) is 32.2 cm³/mol. The minimum absolute atomic E-state index is 0.0648. The first-order chi connectivity index (χ1) is 4.29. The maximum Gasteiger partial charge on any atom is 0.266 e. The molecule has 0 saturated carbocycles. The van der Waals surface area contributed by atoms with Crippen LogP contribution in [0.4, 0.5) is 8.78 Å². The molecule has 0 atom stereocenters. The number of allylic oxidation sites excluding steroid dienone is 3. The maximum atomic E-state index is 11.5. The summed E-state index contributed by atoms with van der Waals surface area (Å²) in [7, 11) is 0. The van der Waals surface area contributed by atoms with Crippen LogP contribution in [0.3, 0.4) is 0 Å². The highest BCUT2D eigenvalue weighted by atomic mass is 19.3. The van der Waals surface area contributed by atoms with Crippen LogP contribution in [0.1, 0.15) is 12.8 Å². The fourth-order valence-electron chi connectivity index (χ4n) is 0.953. The van der Waals surface area contributed by atoms with Crippen molar-refractivity contribution in [1.82, 2.24) is 0 Å². The van der Waals surface area contributed by atoms with Crippen molar-refractivity contribution in [2.75, 3.05) is 0 Å². The van der Waals surface area contributed by atoms with E-state index in [9.17, 15) is 8.78 Å². The van der Waals surface area contributed by atoms with Crippen LogP contribution >= 0.6 is 0 Å². The quantitative estimate of drug-likeness (QED) is 0.479. The molecule has 2 heteroatoms. The van der Waals surface area contributed by atoms with Crippen LogP contribution in [-0.4, -0.2) is 0 Å². The zero-order chi connectivity index (χ0) is 6.69. The van der Waals surface area contributed by atoms with Gasteiger partial charge in [0.05, 0.1) is 0 Å². The summed E-state index contributed by atoms with van der Waals surface area (Å²) in [4.78, 5) is 0. The Labute approximate surface area is 52.9 Å². The van der Waals surface area contributed by atoms with Gasteiger partial charge in [0, 0.05) is 0 Å². The zero-order valence-corrected chi connectivity index (χ0v) is 4.98. The van der Waals surface area contributed by atoms with E-state index in [1.54, 1.807) is 0 Å². The molecule has 0 aromatic heterocycles. The second kappa shape index (κ2) is 2.76. The van der Waals surface area contributed by atoms with Crippen molar-refractivity contribution in [2.24, 2.45) is 5.92 Å². The highest BCUT2D eigenvalue weighted by Crippen LogP contribution is 2.20. The van der Waals surface area contributed by atoms with Gasteiger partial charge < -0.3 is 0 Å². The molecule has 0 aromatic rings. The van der Waals surface area contributed by atoms with Gasteiger partial charge in [-0.05, 0) is 24.8 Å². The van der Waals surface area contributed by atoms with Crippen LogP contribution < -0.4 is 0 Å². The Morgan fingerprint density at radius 1 is 1.33 bits per heavy atom. The van der Waals surface area contributed by atoms with Gasteiger partial charge in [0.25, 0.3) is 6.08 Å². The monoisotopic (exact) mass is 130 g/mol. The summed E-state index contributed by atoms with van der Waals surface area (Å²) >= 11 is 0. The first kappa shape index (κ1) is 6.46. The standard InChI is InChI=1S/C7H8F2/c8-7(9)5-6-3-1-2-4-6/h1-2,5-6H,3-4H2. The van der Waals surface area contributed by atoms with Gasteiger partial charge in [0.2, 0.25) is 0 Å². The SMILES string of the molecule is FC(F)=CC1CC=CC1.